The summed E-state index contributed by atoms with van der Waals surface area (Å²) in [6, 6.07) is 14.9. The van der Waals surface area contributed by atoms with Crippen molar-refractivity contribution in [3.8, 4) is 0 Å². The van der Waals surface area contributed by atoms with E-state index in [4.69, 9.17) is 5.73 Å². The molecular weight excluding hydrogens is 260 g/mol. The first kappa shape index (κ1) is 13.8. The van der Waals surface area contributed by atoms with E-state index >= 15 is 0 Å². The maximum Gasteiger partial charge on any atom is 0.138 e. The average molecular weight is 280 g/mol. The number of nitrogens with two attached hydrogens (primary N) is 1. The molecule has 1 heterocycles. The molecule has 0 radical (unpaired) electrons. The van der Waals surface area contributed by atoms with Crippen molar-refractivity contribution in [1.82, 2.24) is 14.8 Å². The maximum atomic E-state index is 6.37. The van der Waals surface area contributed by atoms with Gasteiger partial charge < -0.3 is 5.73 Å². The van der Waals surface area contributed by atoms with E-state index in [1.807, 2.05) is 16.8 Å². The Kier molecular flexibility index (Phi) is 3.71. The molecule has 0 saturated heterocycles. The van der Waals surface area contributed by atoms with E-state index in [1.54, 1.807) is 6.33 Å². The molecule has 3 rings (SSSR count). The van der Waals surface area contributed by atoms with Crippen molar-refractivity contribution in [2.45, 2.75) is 32.4 Å². The van der Waals surface area contributed by atoms with Crippen molar-refractivity contribution >= 4 is 10.8 Å². The average Bonchev–Trinajstić information content (AvgIpc) is 2.95. The summed E-state index contributed by atoms with van der Waals surface area (Å²) < 4.78 is 1.93. The van der Waals surface area contributed by atoms with E-state index in [-0.39, 0.29) is 6.04 Å². The van der Waals surface area contributed by atoms with Crippen LogP contribution in [-0.2, 0) is 6.42 Å². The van der Waals surface area contributed by atoms with Gasteiger partial charge in [0.15, 0.2) is 0 Å². The Labute approximate surface area is 124 Å². The van der Waals surface area contributed by atoms with Gasteiger partial charge in [0.25, 0.3) is 0 Å². The molecule has 0 spiro atoms. The van der Waals surface area contributed by atoms with E-state index in [0.717, 1.165) is 11.4 Å². The molecule has 0 aliphatic rings. The highest BCUT2D eigenvalue weighted by Crippen LogP contribution is 2.21. The molecule has 0 aliphatic carbocycles. The largest absolute Gasteiger partial charge is 0.324 e. The van der Waals surface area contributed by atoms with Crippen LogP contribution in [0.15, 0.2) is 48.8 Å². The fourth-order valence-corrected chi connectivity index (χ4v) is 2.60. The third-order valence-corrected chi connectivity index (χ3v) is 3.74. The fraction of sp³-hybridized carbons (Fsp3) is 0.294. The van der Waals surface area contributed by atoms with Gasteiger partial charge in [0.1, 0.15) is 12.2 Å². The second-order valence-electron chi connectivity index (χ2n) is 5.63. The summed E-state index contributed by atoms with van der Waals surface area (Å²) in [5, 5.41) is 6.72. The van der Waals surface area contributed by atoms with E-state index in [2.05, 4.69) is 54.3 Å². The lowest BCUT2D eigenvalue weighted by molar-refractivity contribution is 0.493. The summed E-state index contributed by atoms with van der Waals surface area (Å²) in [4.78, 5) is 4.34. The zero-order valence-electron chi connectivity index (χ0n) is 12.4. The van der Waals surface area contributed by atoms with Crippen LogP contribution in [0.2, 0.25) is 0 Å². The molecule has 0 bridgehead atoms. The first-order chi connectivity index (χ1) is 10.1. The smallest absolute Gasteiger partial charge is 0.138 e. The van der Waals surface area contributed by atoms with E-state index in [0.29, 0.717) is 12.5 Å². The van der Waals surface area contributed by atoms with Crippen LogP contribution >= 0.6 is 0 Å². The molecule has 0 saturated carbocycles. The lowest BCUT2D eigenvalue weighted by Gasteiger charge is -2.15. The van der Waals surface area contributed by atoms with Crippen molar-refractivity contribution in [3.05, 3.63) is 60.2 Å². The number of nitrogens with zero attached hydrogens (tertiary/aromatic N) is 3. The van der Waals surface area contributed by atoms with Gasteiger partial charge in [0.2, 0.25) is 0 Å². The van der Waals surface area contributed by atoms with Crippen molar-refractivity contribution in [1.29, 1.82) is 0 Å². The summed E-state index contributed by atoms with van der Waals surface area (Å²) in [7, 11) is 0. The topological polar surface area (TPSA) is 56.7 Å². The standard InChI is InChI=1S/C17H20N4/c1-12(2)21-17(19-11-20-21)10-16(18)15-8-7-13-5-3-4-6-14(13)9-15/h3-9,11-12,16H,10,18H2,1-2H3. The Balaban J connectivity index is 1.86. The van der Waals surface area contributed by atoms with Crippen LogP contribution in [0.4, 0.5) is 0 Å². The normalized spacial score (nSPS) is 13.0. The van der Waals surface area contributed by atoms with Gasteiger partial charge in [-0.3, -0.25) is 0 Å². The highest BCUT2D eigenvalue weighted by molar-refractivity contribution is 5.83. The zero-order valence-corrected chi connectivity index (χ0v) is 12.4. The van der Waals surface area contributed by atoms with Gasteiger partial charge in [-0.05, 0) is 36.2 Å². The quantitative estimate of drug-likeness (QED) is 0.798. The fourth-order valence-electron chi connectivity index (χ4n) is 2.60. The third-order valence-electron chi connectivity index (χ3n) is 3.74. The van der Waals surface area contributed by atoms with Crippen LogP contribution in [0.25, 0.3) is 10.8 Å². The summed E-state index contributed by atoms with van der Waals surface area (Å²) in [6.45, 7) is 4.19. The van der Waals surface area contributed by atoms with Crippen LogP contribution in [0.5, 0.6) is 0 Å². The van der Waals surface area contributed by atoms with Crippen LogP contribution in [0.1, 0.15) is 37.3 Å². The highest BCUT2D eigenvalue weighted by atomic mass is 15.3. The van der Waals surface area contributed by atoms with Crippen LogP contribution in [0, 0.1) is 0 Å². The van der Waals surface area contributed by atoms with Crippen molar-refractivity contribution < 1.29 is 0 Å². The van der Waals surface area contributed by atoms with Crippen LogP contribution < -0.4 is 5.73 Å². The maximum absolute atomic E-state index is 6.37. The predicted octanol–water partition coefficient (Wildman–Crippen LogP) is 3.25. The molecule has 1 unspecified atom stereocenters. The highest BCUT2D eigenvalue weighted by Gasteiger charge is 2.14. The van der Waals surface area contributed by atoms with Gasteiger partial charge in [0.05, 0.1) is 0 Å². The number of hydrogen-bond acceptors (Lipinski definition) is 3. The molecule has 2 aromatic carbocycles. The number of benzene rings is 2. The van der Waals surface area contributed by atoms with Gasteiger partial charge in [0, 0.05) is 18.5 Å². The van der Waals surface area contributed by atoms with Gasteiger partial charge in [-0.15, -0.1) is 0 Å². The molecule has 0 amide bonds. The van der Waals surface area contributed by atoms with E-state index < -0.39 is 0 Å². The van der Waals surface area contributed by atoms with E-state index in [1.165, 1.54) is 10.8 Å². The number of fused-ring (bicyclic) bond motifs is 1. The minimum absolute atomic E-state index is 0.0729. The SMILES string of the molecule is CC(C)n1ncnc1CC(N)c1ccc2ccccc2c1. The minimum atomic E-state index is -0.0729. The van der Waals surface area contributed by atoms with Crippen LogP contribution in [-0.4, -0.2) is 14.8 Å². The monoisotopic (exact) mass is 280 g/mol. The Bertz CT molecular complexity index is 745. The first-order valence-corrected chi connectivity index (χ1v) is 7.28. The molecular formula is C17H20N4. The Morgan fingerprint density at radius 3 is 2.62 bits per heavy atom. The predicted molar refractivity (Wildman–Crippen MR) is 85.0 cm³/mol. The van der Waals surface area contributed by atoms with Gasteiger partial charge in [-0.25, -0.2) is 9.67 Å². The number of rotatable bonds is 4. The zero-order chi connectivity index (χ0) is 14.8. The van der Waals surface area contributed by atoms with Gasteiger partial charge >= 0.3 is 0 Å². The molecule has 4 heteroatoms. The first-order valence-electron chi connectivity index (χ1n) is 7.28. The molecule has 108 valence electrons. The second-order valence-corrected chi connectivity index (χ2v) is 5.63. The number of hydrogen-bond donors (Lipinski definition) is 1. The summed E-state index contributed by atoms with van der Waals surface area (Å²) >= 11 is 0. The Morgan fingerprint density at radius 2 is 1.86 bits per heavy atom. The molecule has 1 aromatic heterocycles. The minimum Gasteiger partial charge on any atom is -0.324 e. The summed E-state index contributed by atoms with van der Waals surface area (Å²) in [5.41, 5.74) is 7.50. The molecule has 0 aliphatic heterocycles. The van der Waals surface area contributed by atoms with Gasteiger partial charge in [-0.2, -0.15) is 5.10 Å². The van der Waals surface area contributed by atoms with Crippen molar-refractivity contribution in [2.24, 2.45) is 5.73 Å². The van der Waals surface area contributed by atoms with E-state index in [9.17, 15) is 0 Å². The Morgan fingerprint density at radius 1 is 1.10 bits per heavy atom. The lowest BCUT2D eigenvalue weighted by Crippen LogP contribution is -2.18. The molecule has 4 nitrogen and oxygen atoms in total. The summed E-state index contributed by atoms with van der Waals surface area (Å²) in [5.74, 6) is 0.936. The second kappa shape index (κ2) is 5.66. The molecule has 2 N–H and O–H groups in total. The Hall–Kier alpha value is -2.20. The van der Waals surface area contributed by atoms with Gasteiger partial charge in [-0.1, -0.05) is 36.4 Å². The molecule has 3 aromatic rings. The van der Waals surface area contributed by atoms with Crippen molar-refractivity contribution in [2.75, 3.05) is 0 Å². The molecule has 21 heavy (non-hydrogen) atoms. The number of aromatic nitrogens is 3. The molecule has 1 atom stereocenters. The van der Waals surface area contributed by atoms with Crippen molar-refractivity contribution in [3.63, 3.8) is 0 Å². The molecule has 0 fully saturated rings. The van der Waals surface area contributed by atoms with Crippen LogP contribution in [0.3, 0.4) is 0 Å². The third kappa shape index (κ3) is 2.81. The lowest BCUT2D eigenvalue weighted by atomic mass is 10.00. The summed E-state index contributed by atoms with van der Waals surface area (Å²) in [6.07, 6.45) is 2.29.